The summed E-state index contributed by atoms with van der Waals surface area (Å²) >= 11 is 0. The van der Waals surface area contributed by atoms with Gasteiger partial charge in [-0.05, 0) is 43.1 Å². The number of aliphatic carboxylic acids is 5. The Morgan fingerprint density at radius 3 is 0.798 bits per heavy atom. The number of ketones is 5. The molecule has 1 saturated carbocycles. The van der Waals surface area contributed by atoms with Gasteiger partial charge in [0.2, 0.25) is 68.1 Å². The first-order chi connectivity index (χ1) is 52.7. The quantitative estimate of drug-likeness (QED) is 0.0260. The second kappa shape index (κ2) is 58.1. The lowest BCUT2D eigenvalue weighted by molar-refractivity contribution is -0.151. The highest BCUT2D eigenvalue weighted by molar-refractivity contribution is 6.37. The highest BCUT2D eigenvalue weighted by atomic mass is 19.3. The Kier molecular flexibility index (Phi) is 55.8. The Morgan fingerprint density at radius 1 is 0.316 bits per heavy atom. The van der Waals surface area contributed by atoms with Crippen LogP contribution in [0.15, 0.2) is 30.3 Å². The lowest BCUT2D eigenvalue weighted by atomic mass is 9.84. The molecule has 1 fully saturated rings. The van der Waals surface area contributed by atoms with Gasteiger partial charge in [-0.15, -0.1) is 0 Å². The Hall–Kier alpha value is -8.77. The number of carboxylic acid groups (broad SMARTS) is 5. The predicted octanol–water partition coefficient (Wildman–Crippen LogP) is 6.06. The van der Waals surface area contributed by atoms with E-state index in [4.69, 9.17) is 25.5 Å². The summed E-state index contributed by atoms with van der Waals surface area (Å²) in [4.78, 5) is 171. The van der Waals surface area contributed by atoms with Crippen molar-refractivity contribution in [2.75, 3.05) is 0 Å². The molecule has 1 aliphatic carbocycles. The van der Waals surface area contributed by atoms with E-state index in [0.717, 1.165) is 31.2 Å². The average Bonchev–Trinajstić information content (AvgIpc) is 0.864. The van der Waals surface area contributed by atoms with Crippen LogP contribution in [0.3, 0.4) is 0 Å². The fourth-order valence-electron chi connectivity index (χ4n) is 10.8. The molecule has 42 heteroatoms. The minimum Gasteiger partial charge on any atom is -0.475 e. The number of nitrogens with one attached hydrogen (secondary N) is 10. The van der Waals surface area contributed by atoms with Gasteiger partial charge in [0.25, 0.3) is 28.9 Å². The molecular weight excluding hydrogens is 1550 g/mol. The number of benzene rings is 1. The van der Waals surface area contributed by atoms with Crippen LogP contribution in [0, 0.1) is 11.8 Å². The number of carbonyl (C=O) groups is 15. The summed E-state index contributed by atoms with van der Waals surface area (Å²) in [5, 5.41) is 68.1. The number of Topliss-reactive ketones (excluding diaryl/α,β-unsaturated/α-hetero) is 5. The number of amides is 5. The van der Waals surface area contributed by atoms with Gasteiger partial charge in [0, 0.05) is 68.7 Å². The third-order valence-corrected chi connectivity index (χ3v) is 15.6. The maximum atomic E-state index is 12.6. The van der Waals surface area contributed by atoms with Crippen molar-refractivity contribution in [3.8, 4) is 0 Å². The van der Waals surface area contributed by atoms with Crippen LogP contribution < -0.4 is 53.2 Å². The number of rotatable bonds is 49. The van der Waals surface area contributed by atoms with Crippen LogP contribution in [0.1, 0.15) is 185 Å². The topological polar surface area (TPSA) is 477 Å². The number of halogens is 12. The van der Waals surface area contributed by atoms with Gasteiger partial charge in [0.15, 0.2) is 0 Å². The second-order valence-corrected chi connectivity index (χ2v) is 28.3. The van der Waals surface area contributed by atoms with Gasteiger partial charge in [0.05, 0.1) is 30.2 Å². The van der Waals surface area contributed by atoms with E-state index >= 15 is 0 Å². The van der Waals surface area contributed by atoms with Crippen molar-refractivity contribution in [1.82, 2.24) is 53.2 Å². The summed E-state index contributed by atoms with van der Waals surface area (Å²) in [6.45, 7) is 23.2. The SMILES string of the molecule is CC(C)C[C@H](NC(C)C)C(=O)NC(CC(F)F)C(=O)C(=O)O.CC(C)N[C@@H](CC(F)F)C(=O)NC(CC(F)F)C(=O)C(=O)O.CC(C)N[C@@H](CC1CCCCC1)C(=O)NC(CC(F)F)C(=O)C(=O)O.CC(C)N[C@@H](Cc1ccccc1)C(=O)NC(CC(F)F)C(=O)C(=O)O.CC[C@H](NC(C)C)C(=O)NC(CC(F)F)C(=O)C(=O)O. The van der Waals surface area contributed by atoms with E-state index in [1.807, 2.05) is 61.5 Å². The molecule has 30 nitrogen and oxygen atoms in total. The molecule has 0 aromatic heterocycles. The highest BCUT2D eigenvalue weighted by Gasteiger charge is 2.38. The second-order valence-electron chi connectivity index (χ2n) is 28.3. The lowest BCUT2D eigenvalue weighted by Gasteiger charge is -2.29. The molecule has 1 aromatic rings. The van der Waals surface area contributed by atoms with Gasteiger partial charge < -0.3 is 78.7 Å². The zero-order valence-corrected chi connectivity index (χ0v) is 65.7. The Labute approximate surface area is 652 Å². The summed E-state index contributed by atoms with van der Waals surface area (Å²) in [5.41, 5.74) is 0.839. The maximum Gasteiger partial charge on any atom is 0.374 e. The molecule has 1 aliphatic rings. The molecule has 5 unspecified atom stereocenters. The fraction of sp³-hybridized carbons (Fsp3) is 0.708. The number of carbonyl (C=O) groups excluding carboxylic acids is 10. The normalized spacial score (nSPS) is 14.9. The summed E-state index contributed by atoms with van der Waals surface area (Å²) < 4.78 is 150. The van der Waals surface area contributed by atoms with Gasteiger partial charge in [0.1, 0.15) is 30.2 Å². The molecular formula is C72H112F12N10O20. The van der Waals surface area contributed by atoms with E-state index in [1.165, 1.54) is 6.42 Å². The maximum absolute atomic E-state index is 12.6. The van der Waals surface area contributed by atoms with Crippen molar-refractivity contribution >= 4 is 88.3 Å². The lowest BCUT2D eigenvalue weighted by Crippen LogP contribution is -2.54. The Morgan fingerprint density at radius 2 is 0.544 bits per heavy atom. The van der Waals surface area contributed by atoms with Crippen LogP contribution in [-0.4, -0.2) is 243 Å². The number of hydrogen-bond donors (Lipinski definition) is 15. The van der Waals surface area contributed by atoms with Gasteiger partial charge >= 0.3 is 29.8 Å². The van der Waals surface area contributed by atoms with Crippen LogP contribution >= 0.6 is 0 Å². The summed E-state index contributed by atoms with van der Waals surface area (Å²) in [7, 11) is 0. The molecule has 0 bridgehead atoms. The fourth-order valence-corrected chi connectivity index (χ4v) is 10.8. The molecule has 0 spiro atoms. The van der Waals surface area contributed by atoms with Crippen LogP contribution in [0.25, 0.3) is 0 Å². The molecule has 2 rings (SSSR count). The third kappa shape index (κ3) is 51.2. The molecule has 0 aliphatic heterocycles. The number of hydrogen-bond acceptors (Lipinski definition) is 20. The zero-order chi connectivity index (χ0) is 88.7. The number of carboxylic acids is 5. The first kappa shape index (κ1) is 109. The molecule has 0 radical (unpaired) electrons. The monoisotopic (exact) mass is 1660 g/mol. The van der Waals surface area contributed by atoms with E-state index < -0.39 is 226 Å². The predicted molar refractivity (Wildman–Crippen MR) is 388 cm³/mol. The van der Waals surface area contributed by atoms with E-state index in [9.17, 15) is 125 Å². The van der Waals surface area contributed by atoms with Crippen LogP contribution in [-0.2, 0) is 78.3 Å². The minimum atomic E-state index is -3.04. The smallest absolute Gasteiger partial charge is 0.374 e. The van der Waals surface area contributed by atoms with Gasteiger partial charge in [-0.1, -0.05) is 152 Å². The van der Waals surface area contributed by atoms with Crippen LogP contribution in [0.4, 0.5) is 52.7 Å². The van der Waals surface area contributed by atoms with Crippen LogP contribution in [0.2, 0.25) is 0 Å². The van der Waals surface area contributed by atoms with Crippen molar-refractivity contribution in [2.45, 2.75) is 316 Å². The molecule has 0 heterocycles. The van der Waals surface area contributed by atoms with Crippen LogP contribution in [0.5, 0.6) is 0 Å². The molecule has 1 aromatic carbocycles. The molecule has 10 atom stereocenters. The average molecular weight is 1670 g/mol. The molecule has 0 saturated heterocycles. The molecule has 5 amide bonds. The summed E-state index contributed by atoms with van der Waals surface area (Å²) in [5.74, 6) is -20.0. The van der Waals surface area contributed by atoms with Crippen molar-refractivity contribution in [1.29, 1.82) is 0 Å². The van der Waals surface area contributed by atoms with Crippen molar-refractivity contribution in [2.24, 2.45) is 11.8 Å². The minimum absolute atomic E-state index is 0.0111. The van der Waals surface area contributed by atoms with Crippen molar-refractivity contribution in [3.05, 3.63) is 35.9 Å². The molecule has 15 N–H and O–H groups in total. The Bertz CT molecular complexity index is 3070. The van der Waals surface area contributed by atoms with E-state index in [1.54, 1.807) is 64.2 Å². The molecule has 114 heavy (non-hydrogen) atoms. The molecule has 654 valence electrons. The Balaban J connectivity index is -0.00000135. The zero-order valence-electron chi connectivity index (χ0n) is 65.7. The van der Waals surface area contributed by atoms with Gasteiger partial charge in [-0.25, -0.2) is 76.7 Å². The third-order valence-electron chi connectivity index (χ3n) is 15.6. The van der Waals surface area contributed by atoms with Gasteiger partial charge in [-0.3, -0.25) is 47.9 Å². The van der Waals surface area contributed by atoms with Gasteiger partial charge in [-0.2, -0.15) is 0 Å². The number of alkyl halides is 12. The summed E-state index contributed by atoms with van der Waals surface area (Å²) in [6, 6.07) is -4.57. The first-order valence-corrected chi connectivity index (χ1v) is 36.6. The largest absolute Gasteiger partial charge is 0.475 e. The first-order valence-electron chi connectivity index (χ1n) is 36.6. The van der Waals surface area contributed by atoms with E-state index in [-0.39, 0.29) is 42.5 Å². The van der Waals surface area contributed by atoms with Crippen molar-refractivity contribution in [3.63, 3.8) is 0 Å². The van der Waals surface area contributed by atoms with E-state index in [0.29, 0.717) is 25.2 Å². The van der Waals surface area contributed by atoms with E-state index in [2.05, 4.69) is 47.9 Å². The standard InChI is InChI=1S/C17H28F2N2O4.C17H22F2N2O4.C14H24F2N2O4.C12H18F4N2O4.C12H20F2N2O4/c2*1-10(2)20-13(8-11-6-4-3-5-7-11)16(23)21-12(9-14(18)19)15(22)17(24)25;1-7(2)5-10(17-8(3)4)13(20)18-9(6-11(15)16)12(19)14(21)22;1-5(2)17-7(4-9(15)16)11(20)18-6(3-8(13)14)10(19)12(21)22;1-4-7(15-6(2)3)11(18)16-8(5-9(13)14)10(17)12(19)20/h10-14,20H,3-9H2,1-2H3,(H,21,23)(H,24,25);3-7,10,12-14,20H,8-9H2,1-2H3,(H,21,23)(H,24,25);7-11,17H,5-6H2,1-4H3,(H,18,20)(H,21,22);5-9,17H,3-4H2,1-2H3,(H,18,20)(H,21,22);6-9,15H,4-5H2,1-3H3,(H,16,18)(H,19,20)/t2*12?,13-;9?,10-;6?,7-;7-,8?/m00000/s1. The van der Waals surface area contributed by atoms with Crippen molar-refractivity contribution < 1.29 is 150 Å². The highest BCUT2D eigenvalue weighted by Crippen LogP contribution is 2.28. The summed E-state index contributed by atoms with van der Waals surface area (Å²) in [6.07, 6.45) is -16.6.